The van der Waals surface area contributed by atoms with Gasteiger partial charge in [0.05, 0.1) is 11.3 Å². The first-order valence-electron chi connectivity index (χ1n) is 11.1. The van der Waals surface area contributed by atoms with E-state index in [0.29, 0.717) is 46.3 Å². The molecule has 3 heterocycles. The quantitative estimate of drug-likeness (QED) is 0.382. The van der Waals surface area contributed by atoms with Gasteiger partial charge in [0, 0.05) is 58.5 Å². The molecule has 6 rings (SSSR count). The minimum atomic E-state index is -1.04. The number of carbonyl (C=O) groups excluding carboxylic acids is 2. The SMILES string of the molecule is O=C(O)N[C@@H]1[C@@H]2CN(C(=O)CO/N=C3/C(=C4/C(=O)Nc5ccc(Cl)cc54)Nc4ccccc43)C[C@@H]21. The van der Waals surface area contributed by atoms with Crippen LogP contribution in [0.5, 0.6) is 0 Å². The van der Waals surface area contributed by atoms with Crippen molar-refractivity contribution in [3.63, 3.8) is 0 Å². The van der Waals surface area contributed by atoms with Crippen LogP contribution in [0.15, 0.2) is 53.3 Å². The highest BCUT2D eigenvalue weighted by atomic mass is 35.5. The second kappa shape index (κ2) is 8.02. The van der Waals surface area contributed by atoms with E-state index in [1.54, 1.807) is 23.1 Å². The first-order valence-corrected chi connectivity index (χ1v) is 11.5. The number of allylic oxidation sites excluding steroid dienone is 1. The van der Waals surface area contributed by atoms with Gasteiger partial charge >= 0.3 is 6.09 Å². The molecule has 2 fully saturated rings. The number of carboxylic acid groups (broad SMARTS) is 1. The summed E-state index contributed by atoms with van der Waals surface area (Å²) in [4.78, 5) is 43.5. The van der Waals surface area contributed by atoms with Crippen LogP contribution in [0.3, 0.4) is 0 Å². The normalized spacial score (nSPS) is 26.5. The molecule has 0 radical (unpaired) electrons. The fourth-order valence-corrected chi connectivity index (χ4v) is 5.29. The van der Waals surface area contributed by atoms with E-state index < -0.39 is 6.09 Å². The van der Waals surface area contributed by atoms with Crippen molar-refractivity contribution in [1.29, 1.82) is 0 Å². The fraction of sp³-hybridized carbons (Fsp3) is 0.250. The number of halogens is 1. The van der Waals surface area contributed by atoms with Crippen LogP contribution in [0.25, 0.3) is 5.57 Å². The number of piperidine rings is 1. The summed E-state index contributed by atoms with van der Waals surface area (Å²) >= 11 is 6.18. The standard InChI is InChI=1S/C24H20ClN5O5/c25-11-5-6-17-13(7-11)19(23(32)27-17)22-21(12-3-1-2-4-16(12)26-22)29-35-10-18(31)30-8-14-15(9-30)20(14)28-24(33)34/h1-7,14-15,20,26,28H,8-10H2,(H,27,32)(H,33,34)/b22-19-,29-21+/t14-,15+,20-. The van der Waals surface area contributed by atoms with Gasteiger partial charge in [-0.05, 0) is 24.3 Å². The lowest BCUT2D eigenvalue weighted by Crippen LogP contribution is -2.38. The summed E-state index contributed by atoms with van der Waals surface area (Å²) in [5.74, 6) is -0.213. The minimum Gasteiger partial charge on any atom is -0.465 e. The number of hydrogen-bond acceptors (Lipinski definition) is 6. The molecule has 0 spiro atoms. The zero-order valence-electron chi connectivity index (χ0n) is 18.2. The number of carbonyl (C=O) groups is 3. The lowest BCUT2D eigenvalue weighted by atomic mass is 10.0. The predicted octanol–water partition coefficient (Wildman–Crippen LogP) is 2.57. The number of fused-ring (bicyclic) bond motifs is 3. The van der Waals surface area contributed by atoms with E-state index in [9.17, 15) is 14.4 Å². The maximum atomic E-state index is 12.9. The lowest BCUT2D eigenvalue weighted by Gasteiger charge is -2.19. The molecule has 3 atom stereocenters. The maximum Gasteiger partial charge on any atom is 0.404 e. The number of para-hydroxylation sites is 1. The Kier molecular flexibility index (Phi) is 4.92. The van der Waals surface area contributed by atoms with Gasteiger partial charge in [0.25, 0.3) is 11.8 Å². The van der Waals surface area contributed by atoms with Crippen molar-refractivity contribution in [3.05, 3.63) is 64.3 Å². The Morgan fingerprint density at radius 2 is 1.86 bits per heavy atom. The van der Waals surface area contributed by atoms with Crippen molar-refractivity contribution in [2.45, 2.75) is 6.04 Å². The van der Waals surface area contributed by atoms with Crippen LogP contribution >= 0.6 is 11.6 Å². The number of anilines is 2. The molecule has 3 amide bonds. The number of nitrogens with zero attached hydrogens (tertiary/aromatic N) is 2. The highest BCUT2D eigenvalue weighted by Crippen LogP contribution is 2.45. The third kappa shape index (κ3) is 3.66. The van der Waals surface area contributed by atoms with Crippen LogP contribution in [-0.2, 0) is 14.4 Å². The van der Waals surface area contributed by atoms with Gasteiger partial charge in [-0.2, -0.15) is 0 Å². The molecule has 1 saturated carbocycles. The molecular formula is C24H20ClN5O5. The van der Waals surface area contributed by atoms with Crippen molar-refractivity contribution >= 4 is 52.2 Å². The Labute approximate surface area is 204 Å². The Morgan fingerprint density at radius 1 is 1.11 bits per heavy atom. The van der Waals surface area contributed by atoms with Gasteiger partial charge in [-0.15, -0.1) is 0 Å². The topological polar surface area (TPSA) is 132 Å². The molecule has 0 unspecified atom stereocenters. The summed E-state index contributed by atoms with van der Waals surface area (Å²) in [6.07, 6.45) is -1.04. The van der Waals surface area contributed by atoms with E-state index in [0.717, 1.165) is 11.3 Å². The summed E-state index contributed by atoms with van der Waals surface area (Å²) < 4.78 is 0. The second-order valence-electron chi connectivity index (χ2n) is 8.88. The predicted molar refractivity (Wildman–Crippen MR) is 128 cm³/mol. The van der Waals surface area contributed by atoms with Crippen LogP contribution in [0.2, 0.25) is 5.02 Å². The number of benzene rings is 2. The first-order chi connectivity index (χ1) is 16.9. The molecule has 2 aromatic carbocycles. The number of rotatable bonds is 4. The molecule has 4 aliphatic rings. The van der Waals surface area contributed by atoms with Crippen molar-refractivity contribution in [1.82, 2.24) is 10.2 Å². The molecule has 1 saturated heterocycles. The molecule has 11 heteroatoms. The van der Waals surface area contributed by atoms with E-state index >= 15 is 0 Å². The van der Waals surface area contributed by atoms with Gasteiger partial charge in [0.1, 0.15) is 5.71 Å². The van der Waals surface area contributed by atoms with E-state index in [4.69, 9.17) is 21.5 Å². The summed E-state index contributed by atoms with van der Waals surface area (Å²) in [5.41, 5.74) is 4.10. The molecule has 1 aliphatic carbocycles. The van der Waals surface area contributed by atoms with E-state index in [-0.39, 0.29) is 36.3 Å². The highest BCUT2D eigenvalue weighted by Gasteiger charge is 2.57. The monoisotopic (exact) mass is 493 g/mol. The van der Waals surface area contributed by atoms with Crippen molar-refractivity contribution in [2.24, 2.45) is 17.0 Å². The number of oxime groups is 1. The van der Waals surface area contributed by atoms with Gasteiger partial charge in [-0.1, -0.05) is 35.0 Å². The van der Waals surface area contributed by atoms with E-state index in [1.165, 1.54) is 0 Å². The molecule has 2 aromatic rings. The number of hydrogen-bond donors (Lipinski definition) is 4. The largest absolute Gasteiger partial charge is 0.465 e. The van der Waals surface area contributed by atoms with Gasteiger partial charge in [0.2, 0.25) is 0 Å². The summed E-state index contributed by atoms with van der Waals surface area (Å²) in [5, 5.41) is 22.2. The number of nitrogens with one attached hydrogen (secondary N) is 3. The minimum absolute atomic E-state index is 0.0816. The summed E-state index contributed by atoms with van der Waals surface area (Å²) in [7, 11) is 0. The molecule has 0 aromatic heterocycles. The van der Waals surface area contributed by atoms with Crippen molar-refractivity contribution < 1.29 is 24.3 Å². The smallest absolute Gasteiger partial charge is 0.404 e. The molecule has 178 valence electrons. The van der Waals surface area contributed by atoms with Crippen LogP contribution in [0.1, 0.15) is 11.1 Å². The highest BCUT2D eigenvalue weighted by molar-refractivity contribution is 6.40. The average molecular weight is 494 g/mol. The Balaban J connectivity index is 1.22. The van der Waals surface area contributed by atoms with Gasteiger partial charge in [0.15, 0.2) is 6.61 Å². The molecule has 10 nitrogen and oxygen atoms in total. The average Bonchev–Trinajstić information content (AvgIpc) is 3.18. The van der Waals surface area contributed by atoms with Gasteiger partial charge in [-0.25, -0.2) is 4.79 Å². The summed E-state index contributed by atoms with van der Waals surface area (Å²) in [6.45, 7) is 0.719. The molecule has 4 N–H and O–H groups in total. The van der Waals surface area contributed by atoms with Gasteiger partial charge < -0.3 is 30.8 Å². The number of likely N-dealkylation sites (tertiary alicyclic amines) is 1. The van der Waals surface area contributed by atoms with Crippen molar-refractivity contribution in [2.75, 3.05) is 30.3 Å². The molecular weight excluding hydrogens is 474 g/mol. The third-order valence-corrected chi connectivity index (χ3v) is 7.07. The van der Waals surface area contributed by atoms with E-state index in [2.05, 4.69) is 21.1 Å². The zero-order valence-corrected chi connectivity index (χ0v) is 19.0. The second-order valence-corrected chi connectivity index (χ2v) is 9.32. The van der Waals surface area contributed by atoms with Crippen LogP contribution in [0.4, 0.5) is 16.2 Å². The zero-order chi connectivity index (χ0) is 24.3. The van der Waals surface area contributed by atoms with Crippen molar-refractivity contribution in [3.8, 4) is 0 Å². The molecule has 35 heavy (non-hydrogen) atoms. The van der Waals surface area contributed by atoms with E-state index in [1.807, 2.05) is 24.3 Å². The number of amides is 3. The first kappa shape index (κ1) is 21.5. The van der Waals surface area contributed by atoms with Crippen LogP contribution in [-0.4, -0.2) is 59.4 Å². The summed E-state index contributed by atoms with van der Waals surface area (Å²) in [6, 6.07) is 12.5. The maximum absolute atomic E-state index is 12.9. The van der Waals surface area contributed by atoms with Crippen LogP contribution in [0, 0.1) is 11.8 Å². The Morgan fingerprint density at radius 3 is 2.63 bits per heavy atom. The third-order valence-electron chi connectivity index (χ3n) is 6.84. The van der Waals surface area contributed by atoms with Crippen LogP contribution < -0.4 is 16.0 Å². The van der Waals surface area contributed by atoms with Gasteiger partial charge in [-0.3, -0.25) is 9.59 Å². The Hall–Kier alpha value is -4.05. The molecule has 3 aliphatic heterocycles. The molecule has 0 bridgehead atoms. The fourth-order valence-electron chi connectivity index (χ4n) is 5.12. The lowest BCUT2D eigenvalue weighted by molar-refractivity contribution is -0.135. The Bertz CT molecular complexity index is 1340.